The van der Waals surface area contributed by atoms with Crippen LogP contribution in [-0.2, 0) is 16.3 Å². The fraction of sp³-hybridized carbons (Fsp3) is 0.278. The Balaban J connectivity index is 1.84. The van der Waals surface area contributed by atoms with E-state index in [0.29, 0.717) is 23.7 Å². The van der Waals surface area contributed by atoms with Gasteiger partial charge in [-0.2, -0.15) is 0 Å². The molecule has 2 aromatic carbocycles. The number of nitrogens with one attached hydrogen (secondary N) is 1. The molecule has 0 spiro atoms. The summed E-state index contributed by atoms with van der Waals surface area (Å²) in [6, 6.07) is 13.0. The molecule has 23 heavy (non-hydrogen) atoms. The summed E-state index contributed by atoms with van der Waals surface area (Å²) in [4.78, 5) is 11.8. The first-order valence-electron chi connectivity index (χ1n) is 7.53. The van der Waals surface area contributed by atoms with E-state index in [1.165, 1.54) is 30.4 Å². The molecule has 0 aliphatic heterocycles. The van der Waals surface area contributed by atoms with Gasteiger partial charge in [0, 0.05) is 24.3 Å². The predicted molar refractivity (Wildman–Crippen MR) is 90.9 cm³/mol. The Morgan fingerprint density at radius 1 is 1.22 bits per heavy atom. The summed E-state index contributed by atoms with van der Waals surface area (Å²) in [6.45, 7) is 2.13. The highest BCUT2D eigenvalue weighted by molar-refractivity contribution is 7.90. The lowest BCUT2D eigenvalue weighted by Gasteiger charge is -2.30. The summed E-state index contributed by atoms with van der Waals surface area (Å²) >= 11 is 0. The van der Waals surface area contributed by atoms with E-state index in [4.69, 9.17) is 0 Å². The normalized spacial score (nSPS) is 16.3. The van der Waals surface area contributed by atoms with Crippen molar-refractivity contribution >= 4 is 21.3 Å². The second-order valence-electron chi connectivity index (χ2n) is 6.02. The first-order chi connectivity index (χ1) is 10.9. The van der Waals surface area contributed by atoms with Crippen molar-refractivity contribution in [3.63, 3.8) is 0 Å². The maximum Gasteiger partial charge on any atom is 0.177 e. The largest absolute Gasteiger partial charge is 0.383 e. The number of ketones is 1. The van der Waals surface area contributed by atoms with Gasteiger partial charge < -0.3 is 5.32 Å². The molecule has 0 aromatic heterocycles. The van der Waals surface area contributed by atoms with Gasteiger partial charge in [0.1, 0.15) is 0 Å². The molecule has 1 aliphatic carbocycles. The number of hydrogen-bond acceptors (Lipinski definition) is 4. The summed E-state index contributed by atoms with van der Waals surface area (Å²) in [5.41, 5.74) is 3.67. The number of rotatable bonds is 5. The Bertz CT molecular complexity index is 872. The van der Waals surface area contributed by atoms with Gasteiger partial charge in [0.25, 0.3) is 0 Å². The Kier molecular flexibility index (Phi) is 3.98. The molecule has 0 saturated carbocycles. The van der Waals surface area contributed by atoms with Crippen molar-refractivity contribution in [3.8, 4) is 0 Å². The smallest absolute Gasteiger partial charge is 0.177 e. The minimum atomic E-state index is -3.35. The Labute approximate surface area is 136 Å². The molecule has 1 unspecified atom stereocenters. The highest BCUT2D eigenvalue weighted by Gasteiger charge is 2.25. The first kappa shape index (κ1) is 15.7. The molecule has 0 amide bonds. The highest BCUT2D eigenvalue weighted by Crippen LogP contribution is 2.35. The van der Waals surface area contributed by atoms with Crippen LogP contribution in [-0.4, -0.2) is 27.0 Å². The van der Waals surface area contributed by atoms with Crippen molar-refractivity contribution in [1.29, 1.82) is 0 Å². The van der Waals surface area contributed by atoms with E-state index in [1.807, 2.05) is 12.1 Å². The van der Waals surface area contributed by atoms with E-state index in [0.717, 1.165) is 6.42 Å². The second-order valence-corrected chi connectivity index (χ2v) is 8.00. The standard InChI is InChI=1S/C18H19NO3S/c1-12(20)13-7-8-18(23(2,21)22)17(10-13)19-11-15-9-14-5-3-4-6-16(14)15/h3-8,10,15,19H,9,11H2,1-2H3. The highest BCUT2D eigenvalue weighted by atomic mass is 32.2. The maximum absolute atomic E-state index is 11.9. The molecular formula is C18H19NO3S. The third-order valence-corrected chi connectivity index (χ3v) is 5.44. The van der Waals surface area contributed by atoms with Crippen molar-refractivity contribution < 1.29 is 13.2 Å². The van der Waals surface area contributed by atoms with Gasteiger partial charge in [0.05, 0.1) is 10.6 Å². The molecular weight excluding hydrogens is 310 g/mol. The van der Waals surface area contributed by atoms with Crippen LogP contribution in [0.4, 0.5) is 5.69 Å². The molecule has 0 saturated heterocycles. The maximum atomic E-state index is 11.9. The van der Waals surface area contributed by atoms with Crippen LogP contribution in [0.15, 0.2) is 47.4 Å². The SMILES string of the molecule is CC(=O)c1ccc(S(C)(=O)=O)c(NCC2Cc3ccccc32)c1. The molecule has 0 radical (unpaired) electrons. The van der Waals surface area contributed by atoms with Crippen LogP contribution in [0.1, 0.15) is 34.3 Å². The Morgan fingerprint density at radius 3 is 2.61 bits per heavy atom. The molecule has 2 aromatic rings. The van der Waals surface area contributed by atoms with E-state index < -0.39 is 9.84 Å². The molecule has 4 nitrogen and oxygen atoms in total. The van der Waals surface area contributed by atoms with E-state index in [-0.39, 0.29) is 10.7 Å². The van der Waals surface area contributed by atoms with Gasteiger partial charge in [0.2, 0.25) is 0 Å². The Hall–Kier alpha value is -2.14. The van der Waals surface area contributed by atoms with Crippen molar-refractivity contribution in [2.24, 2.45) is 0 Å². The van der Waals surface area contributed by atoms with Gasteiger partial charge in [-0.3, -0.25) is 4.79 Å². The average molecular weight is 329 g/mol. The summed E-state index contributed by atoms with van der Waals surface area (Å²) in [5.74, 6) is 0.293. The zero-order chi connectivity index (χ0) is 16.6. The van der Waals surface area contributed by atoms with Crippen LogP contribution in [0.25, 0.3) is 0 Å². The molecule has 0 heterocycles. The van der Waals surface area contributed by atoms with Crippen LogP contribution in [0.5, 0.6) is 0 Å². The number of fused-ring (bicyclic) bond motifs is 1. The molecule has 1 atom stereocenters. The average Bonchev–Trinajstić information content (AvgIpc) is 2.47. The fourth-order valence-corrected chi connectivity index (χ4v) is 3.83. The predicted octanol–water partition coefficient (Wildman–Crippen LogP) is 3.04. The second kappa shape index (κ2) is 5.81. The topological polar surface area (TPSA) is 63.2 Å². The number of anilines is 1. The minimum Gasteiger partial charge on any atom is -0.383 e. The van der Waals surface area contributed by atoms with E-state index in [2.05, 4.69) is 17.4 Å². The lowest BCUT2D eigenvalue weighted by molar-refractivity contribution is 0.101. The van der Waals surface area contributed by atoms with E-state index >= 15 is 0 Å². The van der Waals surface area contributed by atoms with Crippen LogP contribution in [0, 0.1) is 0 Å². The number of carbonyl (C=O) groups is 1. The summed E-state index contributed by atoms with van der Waals surface area (Å²) in [7, 11) is -3.35. The van der Waals surface area contributed by atoms with Crippen molar-refractivity contribution in [2.75, 3.05) is 18.1 Å². The van der Waals surface area contributed by atoms with Crippen LogP contribution < -0.4 is 5.32 Å². The molecule has 5 heteroatoms. The zero-order valence-corrected chi connectivity index (χ0v) is 14.0. The molecule has 0 fully saturated rings. The van der Waals surface area contributed by atoms with Crippen molar-refractivity contribution in [2.45, 2.75) is 24.2 Å². The van der Waals surface area contributed by atoms with Gasteiger partial charge in [-0.1, -0.05) is 24.3 Å². The third kappa shape index (κ3) is 3.15. The molecule has 1 aliphatic rings. The minimum absolute atomic E-state index is 0.0814. The number of hydrogen-bond donors (Lipinski definition) is 1. The quantitative estimate of drug-likeness (QED) is 0.857. The van der Waals surface area contributed by atoms with Gasteiger partial charge in [-0.25, -0.2) is 8.42 Å². The molecule has 3 rings (SSSR count). The summed E-state index contributed by atoms with van der Waals surface area (Å²) in [6.07, 6.45) is 2.17. The summed E-state index contributed by atoms with van der Waals surface area (Å²) in [5, 5.41) is 3.23. The Morgan fingerprint density at radius 2 is 1.96 bits per heavy atom. The monoisotopic (exact) mass is 329 g/mol. The van der Waals surface area contributed by atoms with Crippen molar-refractivity contribution in [3.05, 3.63) is 59.2 Å². The number of carbonyl (C=O) groups excluding carboxylic acids is 1. The number of sulfone groups is 1. The summed E-state index contributed by atoms with van der Waals surface area (Å²) < 4.78 is 23.9. The number of benzene rings is 2. The number of Topliss-reactive ketones (excluding diaryl/α,β-unsaturated/α-hetero) is 1. The lowest BCUT2D eigenvalue weighted by Crippen LogP contribution is -2.24. The third-order valence-electron chi connectivity index (χ3n) is 4.29. The van der Waals surface area contributed by atoms with Crippen LogP contribution in [0.3, 0.4) is 0 Å². The van der Waals surface area contributed by atoms with Gasteiger partial charge >= 0.3 is 0 Å². The molecule has 120 valence electrons. The van der Waals surface area contributed by atoms with Crippen LogP contribution >= 0.6 is 0 Å². The molecule has 1 N–H and O–H groups in total. The molecule has 0 bridgehead atoms. The lowest BCUT2D eigenvalue weighted by atomic mass is 9.77. The van der Waals surface area contributed by atoms with E-state index in [1.54, 1.807) is 12.1 Å². The van der Waals surface area contributed by atoms with Gasteiger partial charge in [-0.05, 0) is 42.7 Å². The van der Waals surface area contributed by atoms with Gasteiger partial charge in [0.15, 0.2) is 15.6 Å². The fourth-order valence-electron chi connectivity index (χ4n) is 2.99. The first-order valence-corrected chi connectivity index (χ1v) is 9.42. The van der Waals surface area contributed by atoms with E-state index in [9.17, 15) is 13.2 Å². The van der Waals surface area contributed by atoms with Crippen LogP contribution in [0.2, 0.25) is 0 Å². The zero-order valence-electron chi connectivity index (χ0n) is 13.2. The van der Waals surface area contributed by atoms with Gasteiger partial charge in [-0.15, -0.1) is 0 Å². The van der Waals surface area contributed by atoms with Crippen molar-refractivity contribution in [1.82, 2.24) is 0 Å².